The van der Waals surface area contributed by atoms with Crippen molar-refractivity contribution in [1.82, 2.24) is 9.97 Å². The van der Waals surface area contributed by atoms with Gasteiger partial charge in [0, 0.05) is 46.0 Å². The van der Waals surface area contributed by atoms with Gasteiger partial charge in [-0.3, -0.25) is 0 Å². The van der Waals surface area contributed by atoms with Crippen LogP contribution in [0.3, 0.4) is 0 Å². The first kappa shape index (κ1) is 30.6. The Morgan fingerprint density at radius 3 is 2.20 bits per heavy atom. The molecule has 0 bridgehead atoms. The van der Waals surface area contributed by atoms with E-state index in [1.165, 1.54) is 21.5 Å². The van der Waals surface area contributed by atoms with Crippen molar-refractivity contribution in [2.45, 2.75) is 52.2 Å². The standard InChI is InChI=1S/C25H28NOSi.C11H8N.Ir/c1-6-17(7-2)18-12-14-21(26-16-18)19-13-15-23(28(3,4)5)24-20-10-8-9-11-22(20)27-25(19)24;1-2-6-10(7-3-1)11-8-4-5-9-12-11;/h8-12,14-17H,6-7H2,1-5H3;1-6,8-9H;/q2*-1;. The van der Waals surface area contributed by atoms with Crippen molar-refractivity contribution < 1.29 is 24.5 Å². The fourth-order valence-corrected chi connectivity index (χ4v) is 6.69. The van der Waals surface area contributed by atoms with Crippen molar-refractivity contribution >= 4 is 35.2 Å². The first-order valence-electron chi connectivity index (χ1n) is 14.1. The first-order valence-corrected chi connectivity index (χ1v) is 17.6. The Kier molecular flexibility index (Phi) is 10.1. The number of rotatable bonds is 6. The van der Waals surface area contributed by atoms with Crippen LogP contribution in [0.4, 0.5) is 0 Å². The van der Waals surface area contributed by atoms with Crippen LogP contribution >= 0.6 is 0 Å². The molecule has 3 aromatic carbocycles. The molecule has 0 atom stereocenters. The molecule has 5 heteroatoms. The molecule has 6 rings (SSSR count). The third-order valence-corrected chi connectivity index (χ3v) is 9.42. The maximum atomic E-state index is 6.34. The van der Waals surface area contributed by atoms with Gasteiger partial charge >= 0.3 is 0 Å². The van der Waals surface area contributed by atoms with Crippen molar-refractivity contribution in [3.8, 4) is 22.5 Å². The zero-order valence-electron chi connectivity index (χ0n) is 24.4. The summed E-state index contributed by atoms with van der Waals surface area (Å²) >= 11 is 0. The summed E-state index contributed by atoms with van der Waals surface area (Å²) in [4.78, 5) is 9.02. The number of hydrogen-bond donors (Lipinski definition) is 0. The molecule has 0 aliphatic rings. The summed E-state index contributed by atoms with van der Waals surface area (Å²) in [6, 6.07) is 35.2. The summed E-state index contributed by atoms with van der Waals surface area (Å²) in [5, 5.41) is 3.83. The normalized spacial score (nSPS) is 11.3. The van der Waals surface area contributed by atoms with E-state index in [1.54, 1.807) is 6.20 Å². The van der Waals surface area contributed by atoms with E-state index in [4.69, 9.17) is 9.40 Å². The van der Waals surface area contributed by atoms with Gasteiger partial charge in [0.05, 0.1) is 5.58 Å². The molecule has 3 nitrogen and oxygen atoms in total. The Morgan fingerprint density at radius 1 is 0.805 bits per heavy atom. The SMILES string of the molecule is CCC(CC)c1ccc(-c2[c-]cc([Si](C)(C)C)c3c2oc2ccccc23)nc1.[Ir].[c-]1ccccc1-c1ccccn1. The Labute approximate surface area is 258 Å². The van der Waals surface area contributed by atoms with Crippen molar-refractivity contribution in [2.75, 3.05) is 0 Å². The number of aromatic nitrogens is 2. The number of furan rings is 1. The fourth-order valence-electron chi connectivity index (χ4n) is 5.18. The van der Waals surface area contributed by atoms with Crippen molar-refractivity contribution in [2.24, 2.45) is 0 Å². The van der Waals surface area contributed by atoms with Crippen LogP contribution in [0.1, 0.15) is 38.2 Å². The van der Waals surface area contributed by atoms with Crippen LogP contribution in [0.25, 0.3) is 44.5 Å². The second-order valence-electron chi connectivity index (χ2n) is 11.1. The van der Waals surface area contributed by atoms with Crippen LogP contribution in [0.5, 0.6) is 0 Å². The number of benzene rings is 3. The van der Waals surface area contributed by atoms with E-state index >= 15 is 0 Å². The molecule has 41 heavy (non-hydrogen) atoms. The van der Waals surface area contributed by atoms with Crippen LogP contribution in [0.2, 0.25) is 19.6 Å². The predicted molar refractivity (Wildman–Crippen MR) is 171 cm³/mol. The Balaban J connectivity index is 0.000000249. The second kappa shape index (κ2) is 13.5. The summed E-state index contributed by atoms with van der Waals surface area (Å²) in [5.74, 6) is 0.575. The molecular formula is C36H36IrN2OSi-2. The monoisotopic (exact) mass is 733 g/mol. The minimum atomic E-state index is -1.55. The van der Waals surface area contributed by atoms with Crippen LogP contribution in [-0.4, -0.2) is 18.0 Å². The quantitative estimate of drug-likeness (QED) is 0.127. The summed E-state index contributed by atoms with van der Waals surface area (Å²) < 4.78 is 6.34. The van der Waals surface area contributed by atoms with Crippen molar-refractivity contribution in [1.29, 1.82) is 0 Å². The van der Waals surface area contributed by atoms with Gasteiger partial charge in [-0.25, -0.2) is 0 Å². The minimum absolute atomic E-state index is 0. The van der Waals surface area contributed by atoms with E-state index in [-0.39, 0.29) is 20.1 Å². The molecule has 3 heterocycles. The third kappa shape index (κ3) is 6.76. The molecule has 0 amide bonds. The van der Waals surface area contributed by atoms with E-state index in [0.717, 1.165) is 46.5 Å². The second-order valence-corrected chi connectivity index (χ2v) is 16.1. The average Bonchev–Trinajstić information content (AvgIpc) is 3.38. The van der Waals surface area contributed by atoms with Crippen LogP contribution in [0.15, 0.2) is 102 Å². The molecule has 0 N–H and O–H groups in total. The third-order valence-electron chi connectivity index (χ3n) is 7.41. The number of para-hydroxylation sites is 1. The zero-order chi connectivity index (χ0) is 28.1. The van der Waals surface area contributed by atoms with Crippen molar-refractivity contribution in [3.63, 3.8) is 0 Å². The van der Waals surface area contributed by atoms with Gasteiger partial charge in [-0.05, 0) is 47.8 Å². The molecule has 0 spiro atoms. The predicted octanol–water partition coefficient (Wildman–Crippen LogP) is 9.44. The molecule has 0 aliphatic carbocycles. The van der Waals surface area contributed by atoms with Gasteiger partial charge in [0.2, 0.25) is 0 Å². The summed E-state index contributed by atoms with van der Waals surface area (Å²) in [5.41, 5.74) is 7.07. The van der Waals surface area contributed by atoms with E-state index in [2.05, 4.69) is 87.0 Å². The molecule has 1 radical (unpaired) electrons. The number of fused-ring (bicyclic) bond motifs is 3. The Bertz CT molecular complexity index is 1650. The first-order chi connectivity index (χ1) is 19.4. The maximum Gasteiger partial charge on any atom is 0.120 e. The van der Waals surface area contributed by atoms with E-state index in [1.807, 2.05) is 54.7 Å². The largest absolute Gasteiger partial charge is 0.501 e. The van der Waals surface area contributed by atoms with Gasteiger partial charge in [0.1, 0.15) is 5.58 Å². The Morgan fingerprint density at radius 2 is 1.56 bits per heavy atom. The van der Waals surface area contributed by atoms with Gasteiger partial charge < -0.3 is 14.4 Å². The maximum absolute atomic E-state index is 6.34. The van der Waals surface area contributed by atoms with Gasteiger partial charge in [-0.1, -0.05) is 86.9 Å². The number of pyridine rings is 2. The number of hydrogen-bond acceptors (Lipinski definition) is 3. The van der Waals surface area contributed by atoms with Crippen LogP contribution in [0, 0.1) is 12.1 Å². The summed E-state index contributed by atoms with van der Waals surface area (Å²) in [6.45, 7) is 11.6. The molecule has 6 aromatic rings. The topological polar surface area (TPSA) is 38.9 Å². The molecule has 0 fully saturated rings. The van der Waals surface area contributed by atoms with Crippen molar-refractivity contribution in [3.05, 3.63) is 115 Å². The molecule has 3 aromatic heterocycles. The number of nitrogens with zero attached hydrogens (tertiary/aromatic N) is 2. The average molecular weight is 733 g/mol. The fraction of sp³-hybridized carbons (Fsp3) is 0.222. The summed E-state index contributed by atoms with van der Waals surface area (Å²) in [6.07, 6.45) is 6.10. The van der Waals surface area contributed by atoms with E-state index in [9.17, 15) is 0 Å². The van der Waals surface area contributed by atoms with Crippen LogP contribution in [-0.2, 0) is 20.1 Å². The zero-order valence-corrected chi connectivity index (χ0v) is 27.8. The molecular weight excluding hydrogens is 697 g/mol. The van der Waals surface area contributed by atoms with Gasteiger partial charge in [-0.2, -0.15) is 0 Å². The molecule has 211 valence electrons. The van der Waals surface area contributed by atoms with E-state index in [0.29, 0.717) is 5.92 Å². The van der Waals surface area contributed by atoms with Gasteiger partial charge in [-0.15, -0.1) is 53.2 Å². The molecule has 0 saturated heterocycles. The molecule has 0 aliphatic heterocycles. The minimum Gasteiger partial charge on any atom is -0.501 e. The van der Waals surface area contributed by atoms with Gasteiger partial charge in [0.15, 0.2) is 0 Å². The molecule has 0 saturated carbocycles. The van der Waals surface area contributed by atoms with Gasteiger partial charge in [0.25, 0.3) is 0 Å². The smallest absolute Gasteiger partial charge is 0.120 e. The Hall–Kier alpha value is -3.37. The summed E-state index contributed by atoms with van der Waals surface area (Å²) in [7, 11) is -1.55. The van der Waals surface area contributed by atoms with Crippen LogP contribution < -0.4 is 5.19 Å². The van der Waals surface area contributed by atoms with E-state index < -0.39 is 8.07 Å². The molecule has 0 unspecified atom stereocenters.